The lowest BCUT2D eigenvalue weighted by Crippen LogP contribution is -2.15. The van der Waals surface area contributed by atoms with E-state index in [0.29, 0.717) is 46.3 Å². The van der Waals surface area contributed by atoms with Crippen LogP contribution < -0.4 is 15.8 Å². The molecule has 0 aliphatic heterocycles. The minimum absolute atomic E-state index is 0.298. The van der Waals surface area contributed by atoms with Gasteiger partial charge in [0.25, 0.3) is 0 Å². The van der Waals surface area contributed by atoms with Crippen molar-refractivity contribution in [3.8, 4) is 11.5 Å². The third-order valence-electron chi connectivity index (χ3n) is 5.64. The number of alkyl halides is 3. The maximum absolute atomic E-state index is 12.7. The molecule has 0 saturated carbocycles. The molecule has 0 atom stereocenters. The zero-order valence-electron chi connectivity index (χ0n) is 19.4. The molecule has 0 radical (unpaired) electrons. The molecule has 2 aromatic carbocycles. The summed E-state index contributed by atoms with van der Waals surface area (Å²) in [5, 5.41) is 3.34. The van der Waals surface area contributed by atoms with Gasteiger partial charge in [-0.1, -0.05) is 29.8 Å². The van der Waals surface area contributed by atoms with Gasteiger partial charge in [0.05, 0.1) is 18.3 Å². The highest BCUT2D eigenvalue weighted by Crippen LogP contribution is 2.30. The predicted molar refractivity (Wildman–Crippen MR) is 133 cm³/mol. The van der Waals surface area contributed by atoms with E-state index in [1.54, 1.807) is 53.2 Å². The Morgan fingerprint density at radius 2 is 1.94 bits per heavy atom. The Kier molecular flexibility index (Phi) is 7.40. The van der Waals surface area contributed by atoms with Crippen molar-refractivity contribution in [2.24, 2.45) is 5.73 Å². The van der Waals surface area contributed by atoms with E-state index < -0.39 is 18.5 Å². The molecule has 0 unspecified atom stereocenters. The average molecular weight is 517 g/mol. The fourth-order valence-corrected chi connectivity index (χ4v) is 4.10. The van der Waals surface area contributed by atoms with E-state index in [4.69, 9.17) is 22.1 Å². The highest BCUT2D eigenvalue weighted by Gasteiger charge is 2.26. The van der Waals surface area contributed by atoms with Crippen LogP contribution in [0.4, 0.5) is 18.9 Å². The summed E-state index contributed by atoms with van der Waals surface area (Å²) in [7, 11) is 0. The van der Waals surface area contributed by atoms with Crippen LogP contribution in [0.3, 0.4) is 0 Å². The summed E-state index contributed by atoms with van der Waals surface area (Å²) >= 11 is 6.05. The number of nitrogens with one attached hydrogen (secondary N) is 1. The van der Waals surface area contributed by atoms with Gasteiger partial charge < -0.3 is 15.8 Å². The number of primary amides is 1. The zero-order chi connectivity index (χ0) is 25.9. The van der Waals surface area contributed by atoms with Crippen molar-refractivity contribution in [2.75, 3.05) is 11.9 Å². The minimum Gasteiger partial charge on any atom is -0.456 e. The van der Waals surface area contributed by atoms with E-state index >= 15 is 0 Å². The highest BCUT2D eigenvalue weighted by atomic mass is 35.5. The SMILES string of the molecule is Cc1cc(CCc2cnc3c(NCCC(F)(F)F)cc(Oc4cccc(Cl)c4)cn23)ccc1C(N)=O. The van der Waals surface area contributed by atoms with Crippen molar-refractivity contribution in [1.82, 2.24) is 9.38 Å². The van der Waals surface area contributed by atoms with E-state index in [-0.39, 0.29) is 6.54 Å². The Labute approximate surface area is 210 Å². The molecule has 6 nitrogen and oxygen atoms in total. The van der Waals surface area contributed by atoms with Gasteiger partial charge in [-0.15, -0.1) is 0 Å². The number of ether oxygens (including phenoxy) is 1. The Morgan fingerprint density at radius 3 is 2.64 bits per heavy atom. The molecule has 36 heavy (non-hydrogen) atoms. The summed E-state index contributed by atoms with van der Waals surface area (Å²) in [5.74, 6) is 0.438. The summed E-state index contributed by atoms with van der Waals surface area (Å²) in [6.45, 7) is 1.53. The van der Waals surface area contributed by atoms with Gasteiger partial charge in [0, 0.05) is 35.1 Å². The summed E-state index contributed by atoms with van der Waals surface area (Å²) in [5.41, 5.74) is 9.44. The number of hydrogen-bond acceptors (Lipinski definition) is 4. The number of amides is 1. The van der Waals surface area contributed by atoms with Gasteiger partial charge in [-0.05, 0) is 55.2 Å². The number of carbonyl (C=O) groups excluding carboxylic acids is 1. The van der Waals surface area contributed by atoms with Crippen LogP contribution in [-0.4, -0.2) is 28.0 Å². The third-order valence-corrected chi connectivity index (χ3v) is 5.87. The highest BCUT2D eigenvalue weighted by molar-refractivity contribution is 6.30. The average Bonchev–Trinajstić information content (AvgIpc) is 3.20. The Balaban J connectivity index is 1.62. The molecular formula is C26H24ClF3N4O2. The van der Waals surface area contributed by atoms with Crippen LogP contribution in [0, 0.1) is 6.92 Å². The van der Waals surface area contributed by atoms with Crippen molar-refractivity contribution >= 4 is 28.8 Å². The van der Waals surface area contributed by atoms with E-state index in [0.717, 1.165) is 16.8 Å². The lowest BCUT2D eigenvalue weighted by molar-refractivity contribution is -0.131. The maximum Gasteiger partial charge on any atom is 0.390 e. The van der Waals surface area contributed by atoms with E-state index in [1.807, 2.05) is 19.1 Å². The van der Waals surface area contributed by atoms with E-state index in [9.17, 15) is 18.0 Å². The number of hydrogen-bond donors (Lipinski definition) is 2. The van der Waals surface area contributed by atoms with Gasteiger partial charge in [-0.3, -0.25) is 9.20 Å². The van der Waals surface area contributed by atoms with Gasteiger partial charge in [0.2, 0.25) is 5.91 Å². The van der Waals surface area contributed by atoms with Crippen LogP contribution in [0.1, 0.15) is 33.6 Å². The van der Waals surface area contributed by atoms with E-state index in [2.05, 4.69) is 10.3 Å². The van der Waals surface area contributed by atoms with Crippen molar-refractivity contribution < 1.29 is 22.7 Å². The van der Waals surface area contributed by atoms with Crippen LogP contribution >= 0.6 is 11.6 Å². The number of fused-ring (bicyclic) bond motifs is 1. The Hall–Kier alpha value is -3.72. The molecule has 0 aliphatic rings. The largest absolute Gasteiger partial charge is 0.456 e. The number of imidazole rings is 1. The first-order valence-corrected chi connectivity index (χ1v) is 11.6. The van der Waals surface area contributed by atoms with Crippen molar-refractivity contribution in [3.05, 3.63) is 88.3 Å². The van der Waals surface area contributed by atoms with Gasteiger partial charge in [0.1, 0.15) is 11.5 Å². The zero-order valence-corrected chi connectivity index (χ0v) is 20.2. The minimum atomic E-state index is -4.28. The molecule has 0 fully saturated rings. The summed E-state index contributed by atoms with van der Waals surface area (Å²) in [6, 6.07) is 13.9. The number of aromatic nitrogens is 2. The number of benzene rings is 2. The fourth-order valence-electron chi connectivity index (χ4n) is 3.92. The van der Waals surface area contributed by atoms with Crippen LogP contribution in [-0.2, 0) is 12.8 Å². The van der Waals surface area contributed by atoms with Crippen molar-refractivity contribution in [1.29, 1.82) is 0 Å². The number of carbonyl (C=O) groups is 1. The lowest BCUT2D eigenvalue weighted by atomic mass is 10.0. The van der Waals surface area contributed by atoms with Crippen molar-refractivity contribution in [3.63, 3.8) is 0 Å². The lowest BCUT2D eigenvalue weighted by Gasteiger charge is -2.14. The quantitative estimate of drug-likeness (QED) is 0.272. The smallest absolute Gasteiger partial charge is 0.390 e. The summed E-state index contributed by atoms with van der Waals surface area (Å²) in [6.07, 6.45) is -0.566. The maximum atomic E-state index is 12.7. The van der Waals surface area contributed by atoms with Crippen LogP contribution in [0.25, 0.3) is 5.65 Å². The van der Waals surface area contributed by atoms with Gasteiger partial charge in [-0.2, -0.15) is 13.2 Å². The number of nitrogens with zero attached hydrogens (tertiary/aromatic N) is 2. The number of aryl methyl sites for hydroxylation is 3. The normalized spacial score (nSPS) is 11.6. The van der Waals surface area contributed by atoms with Crippen LogP contribution in [0.5, 0.6) is 11.5 Å². The molecular weight excluding hydrogens is 493 g/mol. The number of anilines is 1. The molecule has 0 spiro atoms. The van der Waals surface area contributed by atoms with Crippen LogP contribution in [0.2, 0.25) is 5.02 Å². The first kappa shape index (κ1) is 25.4. The molecule has 2 aromatic heterocycles. The first-order valence-electron chi connectivity index (χ1n) is 11.2. The number of rotatable bonds is 9. The van der Waals surface area contributed by atoms with Gasteiger partial charge >= 0.3 is 6.18 Å². The first-order chi connectivity index (χ1) is 17.1. The number of pyridine rings is 1. The van der Waals surface area contributed by atoms with Crippen molar-refractivity contribution in [2.45, 2.75) is 32.4 Å². The molecule has 0 aliphatic carbocycles. The fraction of sp³-hybridized carbons (Fsp3) is 0.231. The molecule has 10 heteroatoms. The molecule has 2 heterocycles. The Bertz CT molecular complexity index is 1400. The van der Waals surface area contributed by atoms with Crippen LogP contribution in [0.15, 0.2) is 60.9 Å². The molecule has 0 bridgehead atoms. The number of halogens is 4. The second-order valence-corrected chi connectivity index (χ2v) is 8.83. The molecule has 4 rings (SSSR count). The number of nitrogens with two attached hydrogens (primary N) is 1. The monoisotopic (exact) mass is 516 g/mol. The molecule has 0 saturated heterocycles. The summed E-state index contributed by atoms with van der Waals surface area (Å²) < 4.78 is 45.9. The second-order valence-electron chi connectivity index (χ2n) is 8.40. The topological polar surface area (TPSA) is 81.7 Å². The molecule has 4 aromatic rings. The molecule has 188 valence electrons. The second kappa shape index (κ2) is 10.5. The van der Waals surface area contributed by atoms with Gasteiger partial charge in [0.15, 0.2) is 5.65 Å². The predicted octanol–water partition coefficient (Wildman–Crippen LogP) is 6.34. The molecule has 3 N–H and O–H groups in total. The third kappa shape index (κ3) is 6.28. The summed E-state index contributed by atoms with van der Waals surface area (Å²) in [4.78, 5) is 15.9. The van der Waals surface area contributed by atoms with E-state index in [1.165, 1.54) is 0 Å². The van der Waals surface area contributed by atoms with Gasteiger partial charge in [-0.25, -0.2) is 4.98 Å². The Morgan fingerprint density at radius 1 is 1.14 bits per heavy atom. The standard InChI is InChI=1S/C26H24ClF3N4O2/c1-16-11-17(6-8-22(16)24(31)35)5-7-19-14-33-25-23(32-10-9-26(28,29)30)13-21(15-34(19)25)36-20-4-2-3-18(27)12-20/h2-4,6,8,11-15,32H,5,7,9-10H2,1H3,(H2,31,35). The molecule has 1 amide bonds.